The minimum Gasteiger partial charge on any atom is -0.459 e. The Kier molecular flexibility index (Phi) is 7.80. The van der Waals surface area contributed by atoms with Crippen LogP contribution < -0.4 is 0 Å². The van der Waals surface area contributed by atoms with Crippen LogP contribution in [0.25, 0.3) is 0 Å². The SMILES string of the molecule is C=C(/C=C(\C)C(=O)OC(C)CC)C(=O)OC(C)CC. The molecule has 0 amide bonds. The van der Waals surface area contributed by atoms with E-state index in [1.54, 1.807) is 13.8 Å². The van der Waals surface area contributed by atoms with Crippen molar-refractivity contribution < 1.29 is 19.1 Å². The van der Waals surface area contributed by atoms with Crippen LogP contribution in [0.5, 0.6) is 0 Å². The van der Waals surface area contributed by atoms with E-state index in [1.807, 2.05) is 20.8 Å². The van der Waals surface area contributed by atoms with Crippen LogP contribution in [0, 0.1) is 0 Å². The van der Waals surface area contributed by atoms with E-state index in [9.17, 15) is 9.59 Å². The lowest BCUT2D eigenvalue weighted by Gasteiger charge is -2.12. The largest absolute Gasteiger partial charge is 0.459 e. The summed E-state index contributed by atoms with van der Waals surface area (Å²) in [6, 6.07) is 0. The van der Waals surface area contributed by atoms with E-state index in [1.165, 1.54) is 6.08 Å². The van der Waals surface area contributed by atoms with Gasteiger partial charge in [0.25, 0.3) is 0 Å². The molecule has 0 aromatic rings. The quantitative estimate of drug-likeness (QED) is 0.404. The molecule has 0 radical (unpaired) electrons. The van der Waals surface area contributed by atoms with E-state index < -0.39 is 11.9 Å². The monoisotopic (exact) mass is 268 g/mol. The van der Waals surface area contributed by atoms with E-state index in [2.05, 4.69) is 6.58 Å². The van der Waals surface area contributed by atoms with Gasteiger partial charge in [-0.3, -0.25) is 0 Å². The van der Waals surface area contributed by atoms with Gasteiger partial charge in [0.1, 0.15) is 0 Å². The average molecular weight is 268 g/mol. The zero-order chi connectivity index (χ0) is 15.0. The summed E-state index contributed by atoms with van der Waals surface area (Å²) in [5, 5.41) is 0. The second-order valence-corrected chi connectivity index (χ2v) is 4.60. The molecule has 2 atom stereocenters. The summed E-state index contributed by atoms with van der Waals surface area (Å²) in [7, 11) is 0. The predicted molar refractivity (Wildman–Crippen MR) is 74.6 cm³/mol. The average Bonchev–Trinajstić information content (AvgIpc) is 2.37. The van der Waals surface area contributed by atoms with Crippen molar-refractivity contribution in [3.63, 3.8) is 0 Å². The lowest BCUT2D eigenvalue weighted by molar-refractivity contribution is -0.143. The lowest BCUT2D eigenvalue weighted by atomic mass is 10.2. The van der Waals surface area contributed by atoms with Gasteiger partial charge in [0.05, 0.1) is 17.8 Å². The number of rotatable bonds is 7. The highest BCUT2D eigenvalue weighted by molar-refractivity contribution is 5.95. The Morgan fingerprint density at radius 3 is 1.89 bits per heavy atom. The molecule has 0 aliphatic heterocycles. The molecule has 4 heteroatoms. The van der Waals surface area contributed by atoms with Crippen molar-refractivity contribution in [3.8, 4) is 0 Å². The van der Waals surface area contributed by atoms with Gasteiger partial charge in [0, 0.05) is 5.57 Å². The molecular weight excluding hydrogens is 244 g/mol. The van der Waals surface area contributed by atoms with Crippen LogP contribution in [0.1, 0.15) is 47.5 Å². The third-order valence-corrected chi connectivity index (χ3v) is 2.74. The zero-order valence-corrected chi connectivity index (χ0v) is 12.5. The molecule has 19 heavy (non-hydrogen) atoms. The maximum Gasteiger partial charge on any atom is 0.337 e. The van der Waals surface area contributed by atoms with Gasteiger partial charge >= 0.3 is 11.9 Å². The van der Waals surface area contributed by atoms with Crippen molar-refractivity contribution >= 4 is 11.9 Å². The van der Waals surface area contributed by atoms with Crippen LogP contribution >= 0.6 is 0 Å². The van der Waals surface area contributed by atoms with Gasteiger partial charge < -0.3 is 9.47 Å². The summed E-state index contributed by atoms with van der Waals surface area (Å²) in [4.78, 5) is 23.3. The van der Waals surface area contributed by atoms with Crippen molar-refractivity contribution in [1.29, 1.82) is 0 Å². The maximum absolute atomic E-state index is 11.7. The zero-order valence-electron chi connectivity index (χ0n) is 12.5. The van der Waals surface area contributed by atoms with Crippen LogP contribution in [0.2, 0.25) is 0 Å². The van der Waals surface area contributed by atoms with Crippen molar-refractivity contribution in [3.05, 3.63) is 23.8 Å². The molecule has 0 N–H and O–H groups in total. The van der Waals surface area contributed by atoms with Crippen molar-refractivity contribution in [1.82, 2.24) is 0 Å². The summed E-state index contributed by atoms with van der Waals surface area (Å²) in [6.07, 6.45) is 2.57. The van der Waals surface area contributed by atoms with Gasteiger partial charge in [-0.15, -0.1) is 0 Å². The first-order valence-electron chi connectivity index (χ1n) is 6.60. The Balaban J connectivity index is 4.53. The molecule has 0 fully saturated rings. The van der Waals surface area contributed by atoms with Gasteiger partial charge in [-0.25, -0.2) is 9.59 Å². The van der Waals surface area contributed by atoms with Crippen molar-refractivity contribution in [2.75, 3.05) is 0 Å². The Hall–Kier alpha value is -1.58. The first-order valence-corrected chi connectivity index (χ1v) is 6.60. The van der Waals surface area contributed by atoms with Crippen molar-refractivity contribution in [2.24, 2.45) is 0 Å². The predicted octanol–water partition coefficient (Wildman–Crippen LogP) is 3.17. The van der Waals surface area contributed by atoms with Crippen molar-refractivity contribution in [2.45, 2.75) is 59.7 Å². The second kappa shape index (κ2) is 8.51. The fraction of sp³-hybridized carbons (Fsp3) is 0.600. The fourth-order valence-electron chi connectivity index (χ4n) is 1.08. The van der Waals surface area contributed by atoms with Gasteiger partial charge in [-0.2, -0.15) is 0 Å². The van der Waals surface area contributed by atoms with Crippen LogP contribution in [-0.4, -0.2) is 24.1 Å². The maximum atomic E-state index is 11.7. The van der Waals surface area contributed by atoms with Gasteiger partial charge in [0.2, 0.25) is 0 Å². The molecule has 0 aromatic carbocycles. The first kappa shape index (κ1) is 17.4. The van der Waals surface area contributed by atoms with E-state index in [4.69, 9.17) is 9.47 Å². The van der Waals surface area contributed by atoms with Crippen LogP contribution in [0.15, 0.2) is 23.8 Å². The summed E-state index contributed by atoms with van der Waals surface area (Å²) in [6.45, 7) is 12.7. The Morgan fingerprint density at radius 2 is 1.47 bits per heavy atom. The molecule has 108 valence electrons. The van der Waals surface area contributed by atoms with Gasteiger partial charge in [-0.1, -0.05) is 20.4 Å². The number of hydrogen-bond acceptors (Lipinski definition) is 4. The van der Waals surface area contributed by atoms with Crippen LogP contribution in [-0.2, 0) is 19.1 Å². The molecule has 0 aliphatic rings. The minimum absolute atomic E-state index is 0.142. The standard InChI is InChI=1S/C15H24O4/c1-7-12(5)18-14(16)10(3)9-11(4)15(17)19-13(6)8-2/h9,12-13H,3,7-8H2,1-2,4-6H3/b11-9+. The highest BCUT2D eigenvalue weighted by Crippen LogP contribution is 2.09. The molecular formula is C15H24O4. The van der Waals surface area contributed by atoms with E-state index in [-0.39, 0.29) is 17.8 Å². The second-order valence-electron chi connectivity index (χ2n) is 4.60. The molecule has 0 heterocycles. The Bertz CT molecular complexity index is 368. The molecule has 4 nitrogen and oxygen atoms in total. The molecule has 2 unspecified atom stereocenters. The number of carbonyl (C=O) groups excluding carboxylic acids is 2. The number of ether oxygens (including phenoxy) is 2. The number of hydrogen-bond donors (Lipinski definition) is 0. The summed E-state index contributed by atoms with van der Waals surface area (Å²) < 4.78 is 10.3. The number of carbonyl (C=O) groups is 2. The Labute approximate surface area is 115 Å². The van der Waals surface area contributed by atoms with Gasteiger partial charge in [0.15, 0.2) is 0 Å². The molecule has 0 saturated heterocycles. The minimum atomic E-state index is -0.509. The van der Waals surface area contributed by atoms with E-state index >= 15 is 0 Å². The Morgan fingerprint density at radius 1 is 1.05 bits per heavy atom. The highest BCUT2D eigenvalue weighted by atomic mass is 16.5. The topological polar surface area (TPSA) is 52.6 Å². The molecule has 0 aromatic heterocycles. The molecule has 0 bridgehead atoms. The molecule has 0 spiro atoms. The number of esters is 2. The molecule has 0 saturated carbocycles. The first-order chi connectivity index (χ1) is 8.81. The molecule has 0 aliphatic carbocycles. The smallest absolute Gasteiger partial charge is 0.337 e. The summed E-state index contributed by atoms with van der Waals surface area (Å²) in [5.74, 6) is -0.947. The van der Waals surface area contributed by atoms with E-state index in [0.29, 0.717) is 5.57 Å². The third kappa shape index (κ3) is 6.79. The molecule has 0 rings (SSSR count). The third-order valence-electron chi connectivity index (χ3n) is 2.74. The van der Waals surface area contributed by atoms with Gasteiger partial charge in [-0.05, 0) is 39.7 Å². The van der Waals surface area contributed by atoms with Crippen LogP contribution in [0.3, 0.4) is 0 Å². The van der Waals surface area contributed by atoms with E-state index in [0.717, 1.165) is 12.8 Å². The van der Waals surface area contributed by atoms with Crippen LogP contribution in [0.4, 0.5) is 0 Å². The summed E-state index contributed by atoms with van der Waals surface area (Å²) in [5.41, 5.74) is 0.491. The fourth-order valence-corrected chi connectivity index (χ4v) is 1.08. The lowest BCUT2D eigenvalue weighted by Crippen LogP contribution is -2.17. The normalized spacial score (nSPS) is 14.5. The highest BCUT2D eigenvalue weighted by Gasteiger charge is 2.14. The summed E-state index contributed by atoms with van der Waals surface area (Å²) >= 11 is 0.